The minimum Gasteiger partial charge on any atom is -0.495 e. The van der Waals surface area contributed by atoms with Crippen molar-refractivity contribution in [2.24, 2.45) is 16.5 Å². The Labute approximate surface area is 280 Å². The number of halogens is 4. The molecule has 4 aromatic rings. The molecule has 0 aliphatic carbocycles. The zero-order valence-corrected chi connectivity index (χ0v) is 27.7. The van der Waals surface area contributed by atoms with Crippen molar-refractivity contribution < 1.29 is 23.4 Å². The normalized spacial score (nSPS) is 12.1. The number of imidazole rings is 1. The van der Waals surface area contributed by atoms with E-state index in [2.05, 4.69) is 15.3 Å². The summed E-state index contributed by atoms with van der Waals surface area (Å²) >= 11 is 14.1. The van der Waals surface area contributed by atoms with Crippen LogP contribution in [0.1, 0.15) is 43.5 Å². The number of nitrogens with zero attached hydrogens (tertiary/aromatic N) is 3. The highest BCUT2D eigenvalue weighted by Gasteiger charge is 2.30. The van der Waals surface area contributed by atoms with E-state index >= 15 is 4.39 Å². The molecule has 0 bridgehead atoms. The number of nitrogens with two attached hydrogens (primary N) is 2. The van der Waals surface area contributed by atoms with Crippen molar-refractivity contribution in [1.29, 1.82) is 0 Å². The minimum absolute atomic E-state index is 0.163. The predicted octanol–water partition coefficient (Wildman–Crippen LogP) is 7.00. The zero-order valence-electron chi connectivity index (χ0n) is 25.4. The van der Waals surface area contributed by atoms with Crippen LogP contribution >= 0.6 is 35.0 Å². The Morgan fingerprint density at radius 2 is 1.85 bits per heavy atom. The summed E-state index contributed by atoms with van der Waals surface area (Å²) in [5.41, 5.74) is 13.1. The highest BCUT2D eigenvalue weighted by atomic mass is 35.5. The highest BCUT2D eigenvalue weighted by molar-refractivity contribution is 7.98. The van der Waals surface area contributed by atoms with Gasteiger partial charge in [-0.1, -0.05) is 54.9 Å². The monoisotopic (exact) mass is 690 g/mol. The van der Waals surface area contributed by atoms with Crippen LogP contribution in [0.25, 0.3) is 5.69 Å². The Kier molecular flexibility index (Phi) is 11.4. The number of carbonyl (C=O) groups is 1. The fraction of sp³-hybridized carbons (Fsp3) is 0.281. The average molecular weight is 692 g/mol. The summed E-state index contributed by atoms with van der Waals surface area (Å²) < 4.78 is 36.6. The van der Waals surface area contributed by atoms with E-state index in [4.69, 9.17) is 39.4 Å². The van der Waals surface area contributed by atoms with Crippen molar-refractivity contribution in [3.05, 3.63) is 99.3 Å². The number of hydrogen-bond donors (Lipinski definition) is 4. The van der Waals surface area contributed by atoms with E-state index in [0.29, 0.717) is 40.3 Å². The molecule has 244 valence electrons. The second kappa shape index (κ2) is 15.1. The number of anilines is 1. The Morgan fingerprint density at radius 1 is 1.13 bits per heavy atom. The third kappa shape index (κ3) is 8.23. The number of methoxy groups -OCH3 is 1. The second-order valence-corrected chi connectivity index (χ2v) is 12.7. The number of rotatable bonds is 14. The number of carboxylic acids is 1. The van der Waals surface area contributed by atoms with E-state index in [1.54, 1.807) is 37.6 Å². The first-order valence-corrected chi connectivity index (χ1v) is 15.9. The molecule has 0 spiro atoms. The van der Waals surface area contributed by atoms with Crippen LogP contribution in [0.5, 0.6) is 5.75 Å². The molecule has 3 aromatic carbocycles. The molecule has 0 amide bonds. The van der Waals surface area contributed by atoms with Gasteiger partial charge in [-0.2, -0.15) is 0 Å². The first-order valence-electron chi connectivity index (χ1n) is 14.2. The molecule has 14 heteroatoms. The molecule has 1 aromatic heterocycles. The molecule has 0 fully saturated rings. The van der Waals surface area contributed by atoms with Crippen molar-refractivity contribution in [2.45, 2.75) is 49.1 Å². The summed E-state index contributed by atoms with van der Waals surface area (Å²) in [5.74, 6) is -1.63. The van der Waals surface area contributed by atoms with E-state index in [9.17, 15) is 14.3 Å². The second-order valence-electron chi connectivity index (χ2n) is 10.9. The molecule has 0 unspecified atom stereocenters. The Morgan fingerprint density at radius 3 is 2.48 bits per heavy atom. The van der Waals surface area contributed by atoms with Crippen molar-refractivity contribution in [3.63, 3.8) is 0 Å². The third-order valence-corrected chi connectivity index (χ3v) is 9.02. The Bertz CT molecular complexity index is 1710. The lowest BCUT2D eigenvalue weighted by molar-refractivity contribution is -0.138. The van der Waals surface area contributed by atoms with E-state index in [-0.39, 0.29) is 34.5 Å². The summed E-state index contributed by atoms with van der Waals surface area (Å²) in [5, 5.41) is 13.6. The van der Waals surface area contributed by atoms with Crippen LogP contribution in [-0.4, -0.2) is 46.3 Å². The van der Waals surface area contributed by atoms with Crippen LogP contribution in [0.2, 0.25) is 10.0 Å². The molecule has 6 N–H and O–H groups in total. The number of aliphatic imine (C=N–C) groups is 1. The van der Waals surface area contributed by atoms with Crippen molar-refractivity contribution in [2.75, 3.05) is 19.0 Å². The van der Waals surface area contributed by atoms with Crippen molar-refractivity contribution in [3.8, 4) is 11.4 Å². The van der Waals surface area contributed by atoms with Gasteiger partial charge >= 0.3 is 5.97 Å². The number of ether oxygens (including phenoxy) is 1. The summed E-state index contributed by atoms with van der Waals surface area (Å²) in [6, 6.07) is 13.5. The molecule has 9 nitrogen and oxygen atoms in total. The Hall–Kier alpha value is -4.00. The third-order valence-electron chi connectivity index (χ3n) is 7.39. The molecule has 0 saturated heterocycles. The fourth-order valence-corrected chi connectivity index (χ4v) is 6.42. The van der Waals surface area contributed by atoms with Crippen LogP contribution in [-0.2, 0) is 16.0 Å². The maximum atomic E-state index is 15.3. The van der Waals surface area contributed by atoms with Gasteiger partial charge in [-0.3, -0.25) is 4.57 Å². The summed E-state index contributed by atoms with van der Waals surface area (Å²) in [6.45, 7) is 4.42. The summed E-state index contributed by atoms with van der Waals surface area (Å²) in [6.07, 6.45) is 2.36. The van der Waals surface area contributed by atoms with E-state index in [1.807, 2.05) is 30.5 Å². The van der Waals surface area contributed by atoms with Gasteiger partial charge in [-0.25, -0.2) is 23.6 Å². The largest absolute Gasteiger partial charge is 0.495 e. The first-order chi connectivity index (χ1) is 21.8. The molecular weight excluding hydrogens is 657 g/mol. The molecule has 0 aliphatic rings. The number of nitrogens with one attached hydrogen (secondary N) is 1. The number of hydrogen-bond acceptors (Lipinski definition) is 6. The lowest BCUT2D eigenvalue weighted by Gasteiger charge is -2.28. The molecule has 0 aliphatic heterocycles. The molecular formula is C32H34Cl2F2N6O3S. The van der Waals surface area contributed by atoms with Crippen molar-refractivity contribution in [1.82, 2.24) is 9.55 Å². The van der Waals surface area contributed by atoms with Crippen LogP contribution in [0.3, 0.4) is 0 Å². The first kappa shape index (κ1) is 34.9. The average Bonchev–Trinajstić information content (AvgIpc) is 3.43. The molecule has 4 rings (SSSR count). The van der Waals surface area contributed by atoms with Gasteiger partial charge in [0, 0.05) is 39.7 Å². The van der Waals surface area contributed by atoms with Gasteiger partial charge in [0.05, 0.1) is 24.0 Å². The molecule has 1 heterocycles. The van der Waals surface area contributed by atoms with Crippen LogP contribution in [0.4, 0.5) is 14.5 Å². The van der Waals surface area contributed by atoms with Crippen molar-refractivity contribution >= 4 is 52.6 Å². The van der Waals surface area contributed by atoms with Gasteiger partial charge < -0.3 is 26.6 Å². The smallest absolute Gasteiger partial charge is 0.328 e. The standard InChI is InChI=1S/C32H34Cl2F2N6O3S/c1-32(2,18-6-11-23(33)27(13-18)45-3)28-16-40-31(42(28)21-9-7-19(35)8-10-21)46-17-22-24(34)14-20(15-25(22)36)39-12-4-5-26(29(43)44)41-30(37)38/h6-11,13-16,26,39H,4-5,12,17H2,1-3H3,(H,43,44)(H4,37,38,41)/t26-/m0/s1. The molecule has 1 atom stereocenters. The van der Waals surface area contributed by atoms with Gasteiger partial charge in [0.15, 0.2) is 17.2 Å². The van der Waals surface area contributed by atoms with E-state index < -0.39 is 23.2 Å². The van der Waals surface area contributed by atoms with Crippen LogP contribution in [0, 0.1) is 11.6 Å². The van der Waals surface area contributed by atoms with Gasteiger partial charge in [0.1, 0.15) is 17.4 Å². The maximum Gasteiger partial charge on any atom is 0.328 e. The lowest BCUT2D eigenvalue weighted by Crippen LogP contribution is -2.29. The number of aliphatic carboxylic acids is 1. The maximum absolute atomic E-state index is 15.3. The number of aromatic nitrogens is 2. The van der Waals surface area contributed by atoms with Gasteiger partial charge in [-0.15, -0.1) is 0 Å². The Balaban J connectivity index is 1.56. The van der Waals surface area contributed by atoms with Crippen LogP contribution < -0.4 is 21.5 Å². The number of carboxylic acid groups (broad SMARTS) is 1. The SMILES string of the molecule is COc1cc(C(C)(C)c2cnc(SCc3c(F)cc(NCCC[C@H](N=C(N)N)C(=O)O)cc3Cl)n2-c2ccc(F)cc2)ccc1Cl. The van der Waals surface area contributed by atoms with E-state index in [1.165, 1.54) is 30.0 Å². The predicted molar refractivity (Wildman–Crippen MR) is 180 cm³/mol. The highest BCUT2D eigenvalue weighted by Crippen LogP contribution is 2.40. The van der Waals surface area contributed by atoms with E-state index in [0.717, 1.165) is 11.3 Å². The fourth-order valence-electron chi connectivity index (χ4n) is 4.84. The molecule has 46 heavy (non-hydrogen) atoms. The minimum atomic E-state index is -1.13. The number of benzene rings is 3. The molecule has 0 saturated carbocycles. The summed E-state index contributed by atoms with van der Waals surface area (Å²) in [4.78, 5) is 19.7. The number of thioether (sulfide) groups is 1. The summed E-state index contributed by atoms with van der Waals surface area (Å²) in [7, 11) is 1.55. The zero-order chi connectivity index (χ0) is 33.6. The lowest BCUT2D eigenvalue weighted by atomic mass is 9.81. The van der Waals surface area contributed by atoms with Gasteiger partial charge in [0.25, 0.3) is 0 Å². The van der Waals surface area contributed by atoms with Gasteiger partial charge in [-0.05, 0) is 66.9 Å². The topological polar surface area (TPSA) is 141 Å². The number of guanidine groups is 1. The quantitative estimate of drug-likeness (QED) is 0.0480. The molecule has 0 radical (unpaired) electrons. The van der Waals surface area contributed by atoms with Gasteiger partial charge in [0.2, 0.25) is 0 Å². The van der Waals surface area contributed by atoms with Crippen LogP contribution in [0.15, 0.2) is 70.9 Å².